The Hall–Kier alpha value is -5.62. The Bertz CT molecular complexity index is 2110. The molecular formula is C31H20BrN5O6. The standard InChI is InChI=1S/C31H20BrN5O6/c32-21-13-14-26-20(15-21)16-27(43-26)30-35-24-11-5-4-10-23(24)31(39)36(30)33-17-19-7-6-12-25(37(40)41)29(19)42-18-28(38)34-22-8-2-1-3-9-22/h1-17H,18H2,(H,34,38). The van der Waals surface area contributed by atoms with Gasteiger partial charge in [-0.2, -0.15) is 9.78 Å². The van der Waals surface area contributed by atoms with Crippen molar-refractivity contribution in [3.63, 3.8) is 0 Å². The molecule has 0 unspecified atom stereocenters. The number of halogens is 1. The smallest absolute Gasteiger partial charge is 0.311 e. The summed E-state index contributed by atoms with van der Waals surface area (Å²) in [6.45, 7) is -0.502. The van der Waals surface area contributed by atoms with E-state index in [2.05, 4.69) is 31.3 Å². The van der Waals surface area contributed by atoms with E-state index in [1.807, 2.05) is 12.1 Å². The molecule has 4 aromatic carbocycles. The van der Waals surface area contributed by atoms with Gasteiger partial charge in [-0.15, -0.1) is 0 Å². The SMILES string of the molecule is O=C(COc1c(C=Nn2c(-c3cc4cc(Br)ccc4o3)nc3ccccc3c2=O)cccc1[N+](=O)[O-])Nc1ccccc1. The first-order valence-corrected chi connectivity index (χ1v) is 13.7. The number of aromatic nitrogens is 2. The molecule has 0 spiro atoms. The number of carbonyl (C=O) groups excluding carboxylic acids is 1. The van der Waals surface area contributed by atoms with Crippen LogP contribution < -0.4 is 15.6 Å². The van der Waals surface area contributed by atoms with Crippen LogP contribution in [0.3, 0.4) is 0 Å². The van der Waals surface area contributed by atoms with Gasteiger partial charge in [-0.05, 0) is 54.6 Å². The number of furan rings is 1. The molecule has 0 aliphatic heterocycles. The average Bonchev–Trinajstić information content (AvgIpc) is 3.43. The Kier molecular flexibility index (Phi) is 7.50. The molecule has 0 saturated heterocycles. The molecule has 43 heavy (non-hydrogen) atoms. The lowest BCUT2D eigenvalue weighted by Gasteiger charge is -2.11. The molecule has 0 aliphatic rings. The number of ether oxygens (including phenoxy) is 1. The van der Waals surface area contributed by atoms with E-state index >= 15 is 0 Å². The summed E-state index contributed by atoms with van der Waals surface area (Å²) in [6.07, 6.45) is 1.25. The fourth-order valence-corrected chi connectivity index (χ4v) is 4.81. The summed E-state index contributed by atoms with van der Waals surface area (Å²) in [5.41, 5.74) is 0.895. The van der Waals surface area contributed by atoms with Crippen molar-refractivity contribution >= 4 is 61.3 Å². The predicted octanol–water partition coefficient (Wildman–Crippen LogP) is 6.38. The fourth-order valence-electron chi connectivity index (χ4n) is 4.44. The van der Waals surface area contributed by atoms with E-state index in [0.29, 0.717) is 27.9 Å². The summed E-state index contributed by atoms with van der Waals surface area (Å²) < 4.78 is 13.6. The maximum Gasteiger partial charge on any atom is 0.311 e. The number of fused-ring (bicyclic) bond motifs is 2. The van der Waals surface area contributed by atoms with Crippen LogP contribution in [0.1, 0.15) is 5.56 Å². The van der Waals surface area contributed by atoms with Gasteiger partial charge in [0.1, 0.15) is 5.58 Å². The Labute approximate surface area is 251 Å². The maximum absolute atomic E-state index is 13.6. The third kappa shape index (κ3) is 5.76. The molecule has 212 valence electrons. The highest BCUT2D eigenvalue weighted by Crippen LogP contribution is 2.31. The van der Waals surface area contributed by atoms with Gasteiger partial charge in [0.05, 0.1) is 22.0 Å². The molecule has 0 aliphatic carbocycles. The minimum absolute atomic E-state index is 0.127. The van der Waals surface area contributed by atoms with Crippen LogP contribution in [0, 0.1) is 10.1 Å². The van der Waals surface area contributed by atoms with E-state index in [1.165, 1.54) is 24.4 Å². The second-order valence-electron chi connectivity index (χ2n) is 9.26. The number of nitro groups is 1. The van der Waals surface area contributed by atoms with E-state index in [9.17, 15) is 19.7 Å². The summed E-state index contributed by atoms with van der Waals surface area (Å²) in [5, 5.41) is 20.0. The molecule has 12 heteroatoms. The average molecular weight is 638 g/mol. The first kappa shape index (κ1) is 27.5. The lowest BCUT2D eigenvalue weighted by atomic mass is 10.2. The lowest BCUT2D eigenvalue weighted by Crippen LogP contribution is -2.21. The minimum atomic E-state index is -0.622. The number of nitrogens with one attached hydrogen (secondary N) is 1. The number of anilines is 1. The summed E-state index contributed by atoms with van der Waals surface area (Å²) in [5.74, 6) is -0.277. The minimum Gasteiger partial charge on any atom is -0.476 e. The number of nitrogens with zero attached hydrogens (tertiary/aromatic N) is 4. The van der Waals surface area contributed by atoms with Gasteiger partial charge in [0.2, 0.25) is 11.6 Å². The van der Waals surface area contributed by atoms with Crippen molar-refractivity contribution in [3.8, 4) is 17.3 Å². The molecule has 6 rings (SSSR count). The Morgan fingerprint density at radius 3 is 2.65 bits per heavy atom. The zero-order valence-corrected chi connectivity index (χ0v) is 23.7. The van der Waals surface area contributed by atoms with Gasteiger partial charge >= 0.3 is 5.69 Å². The summed E-state index contributed by atoms with van der Waals surface area (Å²) >= 11 is 3.45. The molecule has 1 amide bonds. The van der Waals surface area contributed by atoms with Gasteiger partial charge in [-0.25, -0.2) is 4.98 Å². The van der Waals surface area contributed by atoms with Crippen LogP contribution in [-0.2, 0) is 4.79 Å². The molecule has 1 N–H and O–H groups in total. The highest BCUT2D eigenvalue weighted by molar-refractivity contribution is 9.10. The largest absolute Gasteiger partial charge is 0.476 e. The molecule has 2 aromatic heterocycles. The van der Waals surface area contributed by atoms with Gasteiger partial charge in [-0.3, -0.25) is 19.7 Å². The van der Waals surface area contributed by atoms with Crippen molar-refractivity contribution < 1.29 is 18.9 Å². The number of para-hydroxylation sites is 3. The van der Waals surface area contributed by atoms with E-state index in [-0.39, 0.29) is 22.8 Å². The van der Waals surface area contributed by atoms with Gasteiger partial charge in [0.15, 0.2) is 12.4 Å². The quantitative estimate of drug-likeness (QED) is 0.116. The highest BCUT2D eigenvalue weighted by atomic mass is 79.9. The molecule has 0 atom stereocenters. The van der Waals surface area contributed by atoms with Crippen LogP contribution in [-0.4, -0.2) is 33.3 Å². The summed E-state index contributed by atoms with van der Waals surface area (Å²) in [7, 11) is 0. The van der Waals surface area contributed by atoms with Crippen LogP contribution in [0.4, 0.5) is 11.4 Å². The Morgan fingerprint density at radius 2 is 1.84 bits per heavy atom. The Balaban J connectivity index is 1.41. The van der Waals surface area contributed by atoms with Crippen molar-refractivity contribution in [1.29, 1.82) is 0 Å². The van der Waals surface area contributed by atoms with Crippen molar-refractivity contribution in [2.24, 2.45) is 5.10 Å². The second-order valence-corrected chi connectivity index (χ2v) is 10.2. The first-order valence-electron chi connectivity index (χ1n) is 12.9. The van der Waals surface area contributed by atoms with E-state index in [0.717, 1.165) is 14.5 Å². The van der Waals surface area contributed by atoms with E-state index in [1.54, 1.807) is 66.7 Å². The van der Waals surface area contributed by atoms with Gasteiger partial charge in [-0.1, -0.05) is 52.3 Å². The molecule has 0 fully saturated rings. The van der Waals surface area contributed by atoms with Crippen molar-refractivity contribution in [2.45, 2.75) is 0 Å². The van der Waals surface area contributed by atoms with Crippen LogP contribution in [0.25, 0.3) is 33.5 Å². The molecule has 0 saturated carbocycles. The third-order valence-electron chi connectivity index (χ3n) is 6.39. The monoisotopic (exact) mass is 637 g/mol. The fraction of sp³-hybridized carbons (Fsp3) is 0.0323. The summed E-state index contributed by atoms with van der Waals surface area (Å²) in [4.78, 5) is 42.0. The molecular weight excluding hydrogens is 618 g/mol. The van der Waals surface area contributed by atoms with Crippen molar-refractivity contribution in [2.75, 3.05) is 11.9 Å². The number of hydrogen-bond donors (Lipinski definition) is 1. The number of rotatable bonds is 8. The van der Waals surface area contributed by atoms with Gasteiger partial charge in [0, 0.05) is 27.2 Å². The topological polar surface area (TPSA) is 142 Å². The Morgan fingerprint density at radius 1 is 1.05 bits per heavy atom. The van der Waals surface area contributed by atoms with Crippen LogP contribution in [0.15, 0.2) is 116 Å². The third-order valence-corrected chi connectivity index (χ3v) is 6.88. The number of benzene rings is 4. The maximum atomic E-state index is 13.6. The number of nitro benzene ring substituents is 1. The number of carbonyl (C=O) groups is 1. The first-order chi connectivity index (χ1) is 20.9. The zero-order chi connectivity index (χ0) is 29.9. The highest BCUT2D eigenvalue weighted by Gasteiger charge is 2.21. The van der Waals surface area contributed by atoms with E-state index < -0.39 is 23.0 Å². The van der Waals surface area contributed by atoms with Crippen LogP contribution in [0.2, 0.25) is 0 Å². The van der Waals surface area contributed by atoms with Gasteiger partial charge in [0.25, 0.3) is 11.5 Å². The number of amides is 1. The molecule has 2 heterocycles. The van der Waals surface area contributed by atoms with E-state index in [4.69, 9.17) is 9.15 Å². The van der Waals surface area contributed by atoms with Crippen molar-refractivity contribution in [1.82, 2.24) is 9.66 Å². The molecule has 6 aromatic rings. The number of hydrogen-bond acceptors (Lipinski definition) is 8. The molecule has 0 radical (unpaired) electrons. The van der Waals surface area contributed by atoms with Crippen molar-refractivity contribution in [3.05, 3.63) is 128 Å². The molecule has 11 nitrogen and oxygen atoms in total. The van der Waals surface area contributed by atoms with Gasteiger partial charge < -0.3 is 14.5 Å². The lowest BCUT2D eigenvalue weighted by molar-refractivity contribution is -0.385. The molecule has 0 bridgehead atoms. The van der Waals surface area contributed by atoms with Crippen LogP contribution in [0.5, 0.6) is 5.75 Å². The second kappa shape index (κ2) is 11.7. The summed E-state index contributed by atoms with van der Waals surface area (Å²) in [6, 6.07) is 27.0. The van der Waals surface area contributed by atoms with Crippen LogP contribution >= 0.6 is 15.9 Å². The zero-order valence-electron chi connectivity index (χ0n) is 22.1. The normalized spacial score (nSPS) is 11.3. The predicted molar refractivity (Wildman–Crippen MR) is 166 cm³/mol.